The van der Waals surface area contributed by atoms with Crippen LogP contribution in [0.5, 0.6) is 0 Å². The number of aliphatic hydroxyl groups is 1. The molecule has 6 heteroatoms. The van der Waals surface area contributed by atoms with Crippen molar-refractivity contribution >= 4 is 11.9 Å². The number of carboxylic acid groups (broad SMARTS) is 1. The third-order valence-corrected chi connectivity index (χ3v) is 3.48. The van der Waals surface area contributed by atoms with E-state index in [1.165, 1.54) is 10.6 Å². The van der Waals surface area contributed by atoms with Crippen LogP contribution < -0.4 is 0 Å². The zero-order valence-electron chi connectivity index (χ0n) is 10.7. The molecule has 0 aromatic carbocycles. The average Bonchev–Trinajstić information content (AvgIpc) is 2.87. The molecular weight excluding hydrogens is 248 g/mol. The molecule has 0 aliphatic carbocycles. The average molecular weight is 266 g/mol. The van der Waals surface area contributed by atoms with Crippen LogP contribution in [0.15, 0.2) is 18.3 Å². The number of hydrogen-bond donors (Lipinski definition) is 2. The predicted octanol–water partition coefficient (Wildman–Crippen LogP) is 0.417. The fourth-order valence-electron chi connectivity index (χ4n) is 2.43. The molecule has 1 amide bonds. The Kier molecular flexibility index (Phi) is 4.21. The summed E-state index contributed by atoms with van der Waals surface area (Å²) in [7, 11) is 0. The Morgan fingerprint density at radius 1 is 1.42 bits per heavy atom. The van der Waals surface area contributed by atoms with Gasteiger partial charge in [-0.25, -0.2) is 4.79 Å². The van der Waals surface area contributed by atoms with Gasteiger partial charge < -0.3 is 19.7 Å². The van der Waals surface area contributed by atoms with Crippen LogP contribution in [0.2, 0.25) is 0 Å². The summed E-state index contributed by atoms with van der Waals surface area (Å²) >= 11 is 0. The van der Waals surface area contributed by atoms with Crippen LogP contribution in [0.3, 0.4) is 0 Å². The molecule has 1 aromatic heterocycles. The molecular formula is C13H18N2O4. The van der Waals surface area contributed by atoms with E-state index in [0.717, 1.165) is 12.8 Å². The number of carbonyl (C=O) groups excluding carboxylic acids is 1. The van der Waals surface area contributed by atoms with Crippen molar-refractivity contribution in [3.8, 4) is 0 Å². The first-order valence-electron chi connectivity index (χ1n) is 6.39. The van der Waals surface area contributed by atoms with E-state index in [4.69, 9.17) is 10.2 Å². The molecule has 2 heterocycles. The first-order valence-corrected chi connectivity index (χ1v) is 6.39. The van der Waals surface area contributed by atoms with Crippen molar-refractivity contribution in [2.75, 3.05) is 19.7 Å². The molecule has 2 N–H and O–H groups in total. The van der Waals surface area contributed by atoms with Crippen LogP contribution in [-0.4, -0.2) is 51.3 Å². The normalized spacial score (nSPS) is 19.4. The van der Waals surface area contributed by atoms with Crippen molar-refractivity contribution in [3.63, 3.8) is 0 Å². The molecule has 6 nitrogen and oxygen atoms in total. The van der Waals surface area contributed by atoms with Crippen molar-refractivity contribution in [1.82, 2.24) is 9.47 Å². The highest BCUT2D eigenvalue weighted by molar-refractivity contribution is 5.86. The molecule has 1 atom stereocenters. The number of carbonyl (C=O) groups is 2. The Morgan fingerprint density at radius 2 is 2.21 bits per heavy atom. The third-order valence-electron chi connectivity index (χ3n) is 3.48. The van der Waals surface area contributed by atoms with Gasteiger partial charge in [-0.15, -0.1) is 0 Å². The number of amides is 1. The number of aromatic carboxylic acids is 1. The lowest BCUT2D eigenvalue weighted by atomic mass is 9.99. The minimum absolute atomic E-state index is 0.0345. The predicted molar refractivity (Wildman–Crippen MR) is 67.8 cm³/mol. The SMILES string of the molecule is O=C(O)c1cccn1CC(=O)N1CCCC(CO)C1. The van der Waals surface area contributed by atoms with E-state index < -0.39 is 5.97 Å². The lowest BCUT2D eigenvalue weighted by Crippen LogP contribution is -2.42. The van der Waals surface area contributed by atoms with Gasteiger partial charge in [0.25, 0.3) is 0 Å². The standard InChI is InChI=1S/C13H18N2O4/c16-9-10-3-1-6-15(7-10)12(17)8-14-5-2-4-11(14)13(18)19/h2,4-5,10,16H,1,3,6-9H2,(H,18,19). The van der Waals surface area contributed by atoms with Gasteiger partial charge in [-0.2, -0.15) is 0 Å². The molecule has 1 aliphatic rings. The summed E-state index contributed by atoms with van der Waals surface area (Å²) in [6, 6.07) is 3.09. The van der Waals surface area contributed by atoms with Crippen molar-refractivity contribution in [2.45, 2.75) is 19.4 Å². The second-order valence-electron chi connectivity index (χ2n) is 4.86. The number of aliphatic hydroxyl groups excluding tert-OH is 1. The van der Waals surface area contributed by atoms with Gasteiger partial charge in [-0.05, 0) is 30.9 Å². The van der Waals surface area contributed by atoms with E-state index >= 15 is 0 Å². The molecule has 1 fully saturated rings. The minimum Gasteiger partial charge on any atom is -0.477 e. The summed E-state index contributed by atoms with van der Waals surface area (Å²) < 4.78 is 1.44. The summed E-state index contributed by atoms with van der Waals surface area (Å²) in [5, 5.41) is 18.1. The molecule has 0 radical (unpaired) electrons. The van der Waals surface area contributed by atoms with Crippen LogP contribution in [0.4, 0.5) is 0 Å². The van der Waals surface area contributed by atoms with Gasteiger partial charge in [0.15, 0.2) is 0 Å². The van der Waals surface area contributed by atoms with E-state index in [9.17, 15) is 9.59 Å². The number of aromatic nitrogens is 1. The van der Waals surface area contributed by atoms with Crippen LogP contribution in [0, 0.1) is 5.92 Å². The van der Waals surface area contributed by atoms with E-state index in [1.807, 2.05) is 0 Å². The largest absolute Gasteiger partial charge is 0.477 e. The maximum atomic E-state index is 12.1. The molecule has 0 bridgehead atoms. The quantitative estimate of drug-likeness (QED) is 0.827. The summed E-state index contributed by atoms with van der Waals surface area (Å²) in [4.78, 5) is 24.8. The number of piperidine rings is 1. The van der Waals surface area contributed by atoms with Crippen LogP contribution in [-0.2, 0) is 11.3 Å². The molecule has 2 rings (SSSR count). The second kappa shape index (κ2) is 5.88. The number of carboxylic acids is 1. The summed E-state index contributed by atoms with van der Waals surface area (Å²) in [6.07, 6.45) is 3.41. The van der Waals surface area contributed by atoms with E-state index in [-0.39, 0.29) is 30.7 Å². The lowest BCUT2D eigenvalue weighted by molar-refractivity contribution is -0.133. The zero-order valence-corrected chi connectivity index (χ0v) is 10.7. The first kappa shape index (κ1) is 13.6. The van der Waals surface area contributed by atoms with Crippen molar-refractivity contribution in [2.24, 2.45) is 5.92 Å². The monoisotopic (exact) mass is 266 g/mol. The van der Waals surface area contributed by atoms with Gasteiger partial charge >= 0.3 is 5.97 Å². The maximum absolute atomic E-state index is 12.1. The number of nitrogens with zero attached hydrogens (tertiary/aromatic N) is 2. The van der Waals surface area contributed by atoms with Gasteiger partial charge in [0.1, 0.15) is 12.2 Å². The second-order valence-corrected chi connectivity index (χ2v) is 4.86. The Labute approximate surface area is 111 Å². The van der Waals surface area contributed by atoms with Gasteiger partial charge in [0, 0.05) is 25.9 Å². The Morgan fingerprint density at radius 3 is 2.89 bits per heavy atom. The van der Waals surface area contributed by atoms with E-state index in [0.29, 0.717) is 13.1 Å². The minimum atomic E-state index is -1.04. The molecule has 1 aromatic rings. The molecule has 0 saturated carbocycles. The van der Waals surface area contributed by atoms with Gasteiger partial charge in [-0.3, -0.25) is 4.79 Å². The van der Waals surface area contributed by atoms with Gasteiger partial charge in [-0.1, -0.05) is 0 Å². The molecule has 19 heavy (non-hydrogen) atoms. The van der Waals surface area contributed by atoms with Crippen molar-refractivity contribution < 1.29 is 19.8 Å². The number of likely N-dealkylation sites (tertiary alicyclic amines) is 1. The smallest absolute Gasteiger partial charge is 0.352 e. The highest BCUT2D eigenvalue weighted by atomic mass is 16.4. The fraction of sp³-hybridized carbons (Fsp3) is 0.538. The molecule has 104 valence electrons. The Bertz CT molecular complexity index is 469. The van der Waals surface area contributed by atoms with Gasteiger partial charge in [0.2, 0.25) is 5.91 Å². The summed E-state index contributed by atoms with van der Waals surface area (Å²) in [5.41, 5.74) is 0.115. The highest BCUT2D eigenvalue weighted by Crippen LogP contribution is 2.16. The lowest BCUT2D eigenvalue weighted by Gasteiger charge is -2.32. The fourth-order valence-corrected chi connectivity index (χ4v) is 2.43. The van der Waals surface area contributed by atoms with Gasteiger partial charge in [0.05, 0.1) is 0 Å². The topological polar surface area (TPSA) is 82.8 Å². The summed E-state index contributed by atoms with van der Waals surface area (Å²) in [5.74, 6) is -0.997. The van der Waals surface area contributed by atoms with E-state index in [2.05, 4.69) is 0 Å². The summed E-state index contributed by atoms with van der Waals surface area (Å²) in [6.45, 7) is 1.36. The number of hydrogen-bond acceptors (Lipinski definition) is 3. The zero-order chi connectivity index (χ0) is 13.8. The molecule has 1 aliphatic heterocycles. The molecule has 1 unspecified atom stereocenters. The van der Waals surface area contributed by atoms with Crippen molar-refractivity contribution in [3.05, 3.63) is 24.0 Å². The van der Waals surface area contributed by atoms with Crippen LogP contribution in [0.1, 0.15) is 23.3 Å². The van der Waals surface area contributed by atoms with Crippen LogP contribution in [0.25, 0.3) is 0 Å². The van der Waals surface area contributed by atoms with Crippen molar-refractivity contribution in [1.29, 1.82) is 0 Å². The Balaban J connectivity index is 2.00. The van der Waals surface area contributed by atoms with Crippen LogP contribution >= 0.6 is 0 Å². The Hall–Kier alpha value is -1.82. The molecule has 1 saturated heterocycles. The molecule has 0 spiro atoms. The van der Waals surface area contributed by atoms with E-state index in [1.54, 1.807) is 17.2 Å². The third kappa shape index (κ3) is 3.14. The maximum Gasteiger partial charge on any atom is 0.352 e. The first-order chi connectivity index (χ1) is 9.11. The number of rotatable bonds is 4. The highest BCUT2D eigenvalue weighted by Gasteiger charge is 2.23.